The number of methoxy groups -OCH3 is 2. The zero-order chi connectivity index (χ0) is 44.4. The molecule has 5 amide bonds. The summed E-state index contributed by atoms with van der Waals surface area (Å²) in [6.07, 6.45) is 0.982. The molecule has 2 rings (SSSR count). The number of nitrogens with one attached hydrogen (secondary N) is 3. The maximum Gasteiger partial charge on any atom is 0.245 e. The Morgan fingerprint density at radius 2 is 1.54 bits per heavy atom. The van der Waals surface area contributed by atoms with Crippen LogP contribution in [0.25, 0.3) is 0 Å². The highest BCUT2D eigenvalue weighted by molar-refractivity contribution is 5.90. The lowest BCUT2D eigenvalue weighted by Crippen LogP contribution is -2.59. The van der Waals surface area contributed by atoms with Gasteiger partial charge in [0, 0.05) is 40.8 Å². The van der Waals surface area contributed by atoms with Crippen molar-refractivity contribution in [2.24, 2.45) is 23.7 Å². The van der Waals surface area contributed by atoms with E-state index in [1.54, 1.807) is 30.9 Å². The SMILES string of the molecule is CC[C@H](C)C([C@@H](CC(=O)N1CCC[C@H]1[C@H](OC)[C@@H](C)C(=O)N[C@@H](Cc1ccccc1)C(=O)NCCOCCO)OC)N(C)C(=O)[C@@H](NC(=O)[C@H](C(C)C)N(C)C)C(C)C. The highest BCUT2D eigenvalue weighted by atomic mass is 16.5. The van der Waals surface area contributed by atoms with Crippen molar-refractivity contribution in [1.82, 2.24) is 30.7 Å². The predicted molar refractivity (Wildman–Crippen MR) is 228 cm³/mol. The summed E-state index contributed by atoms with van der Waals surface area (Å²) >= 11 is 0. The summed E-state index contributed by atoms with van der Waals surface area (Å²) in [5, 5.41) is 17.8. The molecule has 0 aromatic heterocycles. The van der Waals surface area contributed by atoms with Gasteiger partial charge in [-0.2, -0.15) is 0 Å². The van der Waals surface area contributed by atoms with E-state index in [1.807, 2.05) is 90.9 Å². The first kappa shape index (κ1) is 51.5. The summed E-state index contributed by atoms with van der Waals surface area (Å²) in [6, 6.07) is 6.44. The van der Waals surface area contributed by atoms with Crippen LogP contribution in [0, 0.1) is 23.7 Å². The highest BCUT2D eigenvalue weighted by Crippen LogP contribution is 2.30. The molecule has 15 heteroatoms. The van der Waals surface area contributed by atoms with E-state index in [-0.39, 0.29) is 86.5 Å². The van der Waals surface area contributed by atoms with Crippen LogP contribution >= 0.6 is 0 Å². The molecule has 1 aliphatic heterocycles. The Kier molecular flexibility index (Phi) is 22.6. The van der Waals surface area contributed by atoms with Gasteiger partial charge in [0.15, 0.2) is 0 Å². The van der Waals surface area contributed by atoms with E-state index >= 15 is 0 Å². The molecule has 0 bridgehead atoms. The number of likely N-dealkylation sites (tertiary alicyclic amines) is 1. The van der Waals surface area contributed by atoms with E-state index in [2.05, 4.69) is 16.0 Å². The Hall–Kier alpha value is -3.63. The van der Waals surface area contributed by atoms with Gasteiger partial charge in [0.2, 0.25) is 29.5 Å². The molecule has 1 unspecified atom stereocenters. The highest BCUT2D eigenvalue weighted by Gasteiger charge is 2.43. The van der Waals surface area contributed by atoms with Crippen LogP contribution in [0.5, 0.6) is 0 Å². The zero-order valence-corrected chi connectivity index (χ0v) is 37.9. The van der Waals surface area contributed by atoms with Crippen molar-refractivity contribution >= 4 is 29.5 Å². The molecule has 0 saturated carbocycles. The topological polar surface area (TPSA) is 179 Å². The summed E-state index contributed by atoms with van der Waals surface area (Å²) in [4.78, 5) is 74.6. The second-order valence-corrected chi connectivity index (χ2v) is 16.8. The molecule has 336 valence electrons. The summed E-state index contributed by atoms with van der Waals surface area (Å²) in [5.74, 6) is -2.32. The zero-order valence-electron chi connectivity index (χ0n) is 37.9. The van der Waals surface area contributed by atoms with Crippen molar-refractivity contribution in [2.45, 2.75) is 123 Å². The molecular formula is C44H76N6O9. The first-order chi connectivity index (χ1) is 27.9. The first-order valence-electron chi connectivity index (χ1n) is 21.3. The van der Waals surface area contributed by atoms with E-state index in [4.69, 9.17) is 19.3 Å². The fraction of sp³-hybridized carbons (Fsp3) is 0.750. The number of aliphatic hydroxyl groups is 1. The van der Waals surface area contributed by atoms with Crippen molar-refractivity contribution in [3.05, 3.63) is 35.9 Å². The van der Waals surface area contributed by atoms with E-state index in [0.717, 1.165) is 12.0 Å². The van der Waals surface area contributed by atoms with E-state index in [9.17, 15) is 24.0 Å². The lowest BCUT2D eigenvalue weighted by Gasteiger charge is -2.41. The molecule has 9 atom stereocenters. The second-order valence-electron chi connectivity index (χ2n) is 16.8. The number of benzene rings is 1. The molecule has 15 nitrogen and oxygen atoms in total. The Morgan fingerprint density at radius 3 is 2.08 bits per heavy atom. The molecule has 1 aromatic rings. The minimum atomic E-state index is -0.878. The maximum atomic E-state index is 14.3. The molecule has 0 spiro atoms. The fourth-order valence-electron chi connectivity index (χ4n) is 8.31. The van der Waals surface area contributed by atoms with E-state index in [1.165, 1.54) is 7.11 Å². The molecule has 1 aliphatic rings. The minimum absolute atomic E-state index is 0.00721. The molecule has 1 aromatic carbocycles. The van der Waals surface area contributed by atoms with E-state index in [0.29, 0.717) is 19.4 Å². The van der Waals surface area contributed by atoms with E-state index < -0.39 is 48.3 Å². The maximum absolute atomic E-state index is 14.3. The predicted octanol–water partition coefficient (Wildman–Crippen LogP) is 2.49. The molecule has 4 N–H and O–H groups in total. The van der Waals surface area contributed by atoms with Gasteiger partial charge in [-0.25, -0.2) is 0 Å². The lowest BCUT2D eigenvalue weighted by molar-refractivity contribution is -0.148. The molecule has 0 aliphatic carbocycles. The number of hydrogen-bond acceptors (Lipinski definition) is 10. The van der Waals surface area contributed by atoms with Gasteiger partial charge in [-0.3, -0.25) is 28.9 Å². The largest absolute Gasteiger partial charge is 0.394 e. The van der Waals surface area contributed by atoms with Crippen molar-refractivity contribution in [2.75, 3.05) is 68.3 Å². The summed E-state index contributed by atoms with van der Waals surface area (Å²) in [5.41, 5.74) is 0.872. The number of likely N-dealkylation sites (N-methyl/N-ethyl adjacent to an activating group) is 2. The van der Waals surface area contributed by atoms with Gasteiger partial charge in [0.1, 0.15) is 12.1 Å². The van der Waals surface area contributed by atoms with Gasteiger partial charge in [-0.1, -0.05) is 85.2 Å². The number of aliphatic hydroxyl groups excluding tert-OH is 1. The lowest BCUT2D eigenvalue weighted by atomic mass is 9.89. The van der Waals surface area contributed by atoms with Crippen LogP contribution in [0.4, 0.5) is 0 Å². The molecule has 1 fully saturated rings. The smallest absolute Gasteiger partial charge is 0.245 e. The Labute approximate surface area is 353 Å². The third-order valence-electron chi connectivity index (χ3n) is 11.6. The standard InChI is InChI=1S/C44H76N6O9/c1-13-30(6)39(49(10)44(56)37(28(2)3)47-43(55)38(29(4)5)48(8)9)35(57-11)27-36(52)50-22-17-20-34(50)40(58-12)31(7)41(53)46-33(26-32-18-15-14-16-19-32)42(54)45-21-24-59-25-23-51/h14-16,18-19,28-31,33-35,37-40,51H,13,17,20-27H2,1-12H3,(H,45,54)(H,46,53)(H,47,55)/t30-,31+,33-,34-,35+,37-,38-,39?,40+/m0/s1. The van der Waals surface area contributed by atoms with Crippen LogP contribution in [0.1, 0.15) is 79.7 Å². The number of carbonyl (C=O) groups is 5. The Morgan fingerprint density at radius 1 is 0.881 bits per heavy atom. The number of ether oxygens (including phenoxy) is 3. The minimum Gasteiger partial charge on any atom is -0.394 e. The van der Waals surface area contributed by atoms with Crippen LogP contribution in [-0.4, -0.2) is 160 Å². The van der Waals surface area contributed by atoms with Crippen LogP contribution in [0.15, 0.2) is 30.3 Å². The summed E-state index contributed by atoms with van der Waals surface area (Å²) in [7, 11) is 8.50. The molecule has 1 saturated heterocycles. The Balaban J connectivity index is 2.28. The number of rotatable bonds is 26. The average Bonchev–Trinajstić information content (AvgIpc) is 3.68. The number of hydrogen-bond donors (Lipinski definition) is 4. The monoisotopic (exact) mass is 833 g/mol. The van der Waals surface area contributed by atoms with Crippen molar-refractivity contribution < 1.29 is 43.3 Å². The molecule has 59 heavy (non-hydrogen) atoms. The van der Waals surface area contributed by atoms with Gasteiger partial charge >= 0.3 is 0 Å². The second kappa shape index (κ2) is 25.9. The normalized spacial score (nSPS) is 18.4. The van der Waals surface area contributed by atoms with Gasteiger partial charge in [-0.05, 0) is 50.3 Å². The third kappa shape index (κ3) is 15.1. The third-order valence-corrected chi connectivity index (χ3v) is 11.6. The number of amides is 5. The van der Waals surface area contributed by atoms with Gasteiger partial charge in [0.25, 0.3) is 0 Å². The molecule has 1 heterocycles. The van der Waals surface area contributed by atoms with Crippen LogP contribution in [0.2, 0.25) is 0 Å². The average molecular weight is 833 g/mol. The van der Waals surface area contributed by atoms with Gasteiger partial charge in [0.05, 0.1) is 62.5 Å². The van der Waals surface area contributed by atoms with Gasteiger partial charge < -0.3 is 45.1 Å². The van der Waals surface area contributed by atoms with Crippen LogP contribution in [0.3, 0.4) is 0 Å². The van der Waals surface area contributed by atoms with Crippen molar-refractivity contribution in [1.29, 1.82) is 0 Å². The van der Waals surface area contributed by atoms with Gasteiger partial charge in [-0.15, -0.1) is 0 Å². The Bertz CT molecular complexity index is 1440. The van der Waals surface area contributed by atoms with Crippen LogP contribution in [-0.2, 0) is 44.6 Å². The quantitative estimate of drug-likeness (QED) is 0.101. The summed E-state index contributed by atoms with van der Waals surface area (Å²) in [6.45, 7) is 14.5. The first-order valence-corrected chi connectivity index (χ1v) is 21.3. The molecular weight excluding hydrogens is 757 g/mol. The fourth-order valence-corrected chi connectivity index (χ4v) is 8.31. The number of nitrogens with zero attached hydrogens (tertiary/aromatic N) is 3. The molecule has 0 radical (unpaired) electrons. The van der Waals surface area contributed by atoms with Crippen molar-refractivity contribution in [3.63, 3.8) is 0 Å². The van der Waals surface area contributed by atoms with Crippen LogP contribution < -0.4 is 16.0 Å². The number of carbonyl (C=O) groups excluding carboxylic acids is 5. The van der Waals surface area contributed by atoms with Crippen molar-refractivity contribution in [3.8, 4) is 0 Å². The summed E-state index contributed by atoms with van der Waals surface area (Å²) < 4.78 is 17.3.